The van der Waals surface area contributed by atoms with Gasteiger partial charge in [-0.2, -0.15) is 18.3 Å². The van der Waals surface area contributed by atoms with Gasteiger partial charge < -0.3 is 9.47 Å². The number of carbonyl (C=O) groups excluding carboxylic acids is 1. The van der Waals surface area contributed by atoms with Gasteiger partial charge in [0.15, 0.2) is 0 Å². The molecule has 1 amide bonds. The minimum atomic E-state index is -4.74. The second kappa shape index (κ2) is 6.73. The monoisotopic (exact) mass is 354 g/mol. The number of hydrogen-bond acceptors (Lipinski definition) is 3. The minimum absolute atomic E-state index is 0.203. The number of aromatic nitrogens is 3. The van der Waals surface area contributed by atoms with Crippen molar-refractivity contribution in [3.8, 4) is 0 Å². The topological polar surface area (TPSA) is 71.0 Å². The molecule has 134 valence electrons. The van der Waals surface area contributed by atoms with Crippen molar-refractivity contribution in [3.05, 3.63) is 52.2 Å². The van der Waals surface area contributed by atoms with E-state index in [4.69, 9.17) is 0 Å². The van der Waals surface area contributed by atoms with Crippen LogP contribution in [0.4, 0.5) is 13.2 Å². The fourth-order valence-electron chi connectivity index (χ4n) is 3.12. The molecule has 1 aliphatic heterocycles. The second-order valence-electron chi connectivity index (χ2n) is 5.96. The third-order valence-corrected chi connectivity index (χ3v) is 4.34. The van der Waals surface area contributed by atoms with Gasteiger partial charge in [0, 0.05) is 18.9 Å². The molecule has 3 heterocycles. The summed E-state index contributed by atoms with van der Waals surface area (Å²) >= 11 is 0. The normalized spacial score (nSPS) is 18.4. The molecule has 1 unspecified atom stereocenters. The second-order valence-corrected chi connectivity index (χ2v) is 5.96. The van der Waals surface area contributed by atoms with Crippen LogP contribution in [0.25, 0.3) is 0 Å². The summed E-state index contributed by atoms with van der Waals surface area (Å²) in [5, 5.41) is 6.72. The molecule has 0 bridgehead atoms. The van der Waals surface area contributed by atoms with Gasteiger partial charge in [0.05, 0.1) is 11.7 Å². The fraction of sp³-hybridized carbons (Fsp3) is 0.438. The van der Waals surface area contributed by atoms with E-state index >= 15 is 0 Å². The fourth-order valence-corrected chi connectivity index (χ4v) is 3.12. The van der Waals surface area contributed by atoms with Crippen LogP contribution in [0.15, 0.2) is 35.4 Å². The molecule has 2 aromatic rings. The number of amides is 1. The molecule has 2 aromatic heterocycles. The third-order valence-electron chi connectivity index (χ3n) is 4.34. The Balaban J connectivity index is 1.83. The van der Waals surface area contributed by atoms with Crippen LogP contribution >= 0.6 is 0 Å². The Hall–Kier alpha value is -2.58. The smallest absolute Gasteiger partial charge is 0.333 e. The number of H-pyrrole nitrogens is 1. The van der Waals surface area contributed by atoms with Crippen molar-refractivity contribution in [2.75, 3.05) is 6.54 Å². The molecule has 1 N–H and O–H groups in total. The largest absolute Gasteiger partial charge is 0.421 e. The zero-order valence-corrected chi connectivity index (χ0v) is 13.3. The van der Waals surface area contributed by atoms with E-state index in [-0.39, 0.29) is 11.9 Å². The molecule has 9 heteroatoms. The van der Waals surface area contributed by atoms with Crippen molar-refractivity contribution >= 4 is 5.91 Å². The summed E-state index contributed by atoms with van der Waals surface area (Å²) in [4.78, 5) is 26.2. The van der Waals surface area contributed by atoms with E-state index in [0.29, 0.717) is 6.54 Å². The van der Waals surface area contributed by atoms with Gasteiger partial charge in [-0.05, 0) is 37.5 Å². The highest BCUT2D eigenvalue weighted by atomic mass is 19.4. The summed E-state index contributed by atoms with van der Waals surface area (Å²) in [5.41, 5.74) is -1.70. The number of alkyl halides is 3. The van der Waals surface area contributed by atoms with Crippen LogP contribution in [-0.2, 0) is 17.5 Å². The first-order valence-electron chi connectivity index (χ1n) is 7.93. The van der Waals surface area contributed by atoms with E-state index in [1.807, 2.05) is 0 Å². The molecule has 0 radical (unpaired) electrons. The first-order valence-corrected chi connectivity index (χ1v) is 7.93. The Labute approximate surface area is 141 Å². The molecular weight excluding hydrogens is 337 g/mol. The number of nitrogens with one attached hydrogen (secondary N) is 1. The van der Waals surface area contributed by atoms with E-state index in [9.17, 15) is 22.8 Å². The number of rotatable bonds is 3. The molecular formula is C16H17F3N4O2. The number of nitrogens with zero attached hydrogens (tertiary/aromatic N) is 3. The molecule has 0 saturated carbocycles. The van der Waals surface area contributed by atoms with E-state index in [1.165, 1.54) is 6.20 Å². The predicted octanol–water partition coefficient (Wildman–Crippen LogP) is 2.34. The average molecular weight is 354 g/mol. The number of likely N-dealkylation sites (tertiary alicyclic amines) is 1. The molecule has 0 spiro atoms. The SMILES string of the molecule is O=C(Cn1cccc(C(F)(F)F)c1=O)N1CCCCC1c1ccn[nH]1. The molecule has 1 aliphatic rings. The number of aromatic amines is 1. The molecule has 0 aliphatic carbocycles. The van der Waals surface area contributed by atoms with Crippen molar-refractivity contribution in [3.63, 3.8) is 0 Å². The molecule has 1 saturated heterocycles. The Kier molecular flexibility index (Phi) is 4.65. The number of piperidine rings is 1. The highest BCUT2D eigenvalue weighted by molar-refractivity contribution is 5.76. The lowest BCUT2D eigenvalue weighted by Crippen LogP contribution is -2.42. The number of hydrogen-bond donors (Lipinski definition) is 1. The van der Waals surface area contributed by atoms with Crippen LogP contribution in [0, 0.1) is 0 Å². The maximum atomic E-state index is 12.8. The lowest BCUT2D eigenvalue weighted by molar-refractivity contribution is -0.140. The first kappa shape index (κ1) is 17.2. The van der Waals surface area contributed by atoms with Crippen LogP contribution < -0.4 is 5.56 Å². The summed E-state index contributed by atoms with van der Waals surface area (Å²) in [6, 6.07) is 3.41. The van der Waals surface area contributed by atoms with Crippen LogP contribution in [0.5, 0.6) is 0 Å². The van der Waals surface area contributed by atoms with Crippen molar-refractivity contribution in [2.24, 2.45) is 0 Å². The lowest BCUT2D eigenvalue weighted by atomic mass is 9.99. The van der Waals surface area contributed by atoms with Gasteiger partial charge in [0.2, 0.25) is 5.91 Å². The molecule has 1 fully saturated rings. The maximum absolute atomic E-state index is 12.8. The van der Waals surface area contributed by atoms with Crippen molar-refractivity contribution in [2.45, 2.75) is 38.0 Å². The summed E-state index contributed by atoms with van der Waals surface area (Å²) in [6.45, 7) is 0.0730. The van der Waals surface area contributed by atoms with E-state index in [1.54, 1.807) is 17.2 Å². The summed E-state index contributed by atoms with van der Waals surface area (Å²) in [7, 11) is 0. The Morgan fingerprint density at radius 1 is 1.32 bits per heavy atom. The van der Waals surface area contributed by atoms with Crippen LogP contribution in [0.2, 0.25) is 0 Å². The molecule has 3 rings (SSSR count). The van der Waals surface area contributed by atoms with Gasteiger partial charge in [-0.3, -0.25) is 14.7 Å². The van der Waals surface area contributed by atoms with Gasteiger partial charge in [-0.1, -0.05) is 0 Å². The van der Waals surface area contributed by atoms with Gasteiger partial charge >= 0.3 is 6.18 Å². The third kappa shape index (κ3) is 3.59. The minimum Gasteiger partial charge on any atom is -0.333 e. The highest BCUT2D eigenvalue weighted by Gasteiger charge is 2.35. The Morgan fingerprint density at radius 3 is 2.80 bits per heavy atom. The van der Waals surface area contributed by atoms with Crippen LogP contribution in [-0.4, -0.2) is 32.1 Å². The van der Waals surface area contributed by atoms with Crippen LogP contribution in [0.1, 0.15) is 36.6 Å². The molecule has 0 aromatic carbocycles. The summed E-state index contributed by atoms with van der Waals surface area (Å²) < 4.78 is 39.4. The zero-order valence-electron chi connectivity index (χ0n) is 13.3. The Bertz CT molecular complexity index is 798. The van der Waals surface area contributed by atoms with Gasteiger partial charge in [0.1, 0.15) is 12.1 Å². The zero-order chi connectivity index (χ0) is 18.0. The first-order chi connectivity index (χ1) is 11.9. The quantitative estimate of drug-likeness (QED) is 0.920. The van der Waals surface area contributed by atoms with Gasteiger partial charge in [-0.15, -0.1) is 0 Å². The summed E-state index contributed by atoms with van der Waals surface area (Å²) in [5.74, 6) is -0.388. The van der Waals surface area contributed by atoms with Gasteiger partial charge in [-0.25, -0.2) is 0 Å². The van der Waals surface area contributed by atoms with Crippen molar-refractivity contribution < 1.29 is 18.0 Å². The standard InChI is InChI=1S/C16H17F3N4O2/c17-16(18,19)11-4-3-8-22(15(11)25)10-14(24)23-9-2-1-5-13(23)12-6-7-20-21-12/h3-4,6-8,13H,1-2,5,9-10H2,(H,20,21). The number of halogens is 3. The van der Waals surface area contributed by atoms with Crippen LogP contribution in [0.3, 0.4) is 0 Å². The van der Waals surface area contributed by atoms with E-state index < -0.39 is 23.8 Å². The van der Waals surface area contributed by atoms with Gasteiger partial charge in [0.25, 0.3) is 5.56 Å². The lowest BCUT2D eigenvalue weighted by Gasteiger charge is -2.35. The van der Waals surface area contributed by atoms with Crippen molar-refractivity contribution in [1.29, 1.82) is 0 Å². The highest BCUT2D eigenvalue weighted by Crippen LogP contribution is 2.30. The molecule has 1 atom stereocenters. The predicted molar refractivity (Wildman–Crippen MR) is 82.6 cm³/mol. The van der Waals surface area contributed by atoms with E-state index in [2.05, 4.69) is 10.2 Å². The summed E-state index contributed by atoms with van der Waals surface area (Å²) in [6.07, 6.45) is 0.539. The molecule has 6 nitrogen and oxygen atoms in total. The maximum Gasteiger partial charge on any atom is 0.421 e. The number of carbonyl (C=O) groups is 1. The van der Waals surface area contributed by atoms with E-state index in [0.717, 1.165) is 41.7 Å². The van der Waals surface area contributed by atoms with Crippen molar-refractivity contribution in [1.82, 2.24) is 19.7 Å². The average Bonchev–Trinajstić information content (AvgIpc) is 3.10. The number of pyridine rings is 1. The molecule has 25 heavy (non-hydrogen) atoms. The Morgan fingerprint density at radius 2 is 2.12 bits per heavy atom.